The average Bonchev–Trinajstić information content (AvgIpc) is 2.49. The number of hydrogen-bond acceptors (Lipinski definition) is 2. The molecule has 1 N–H and O–H groups in total. The van der Waals surface area contributed by atoms with E-state index in [1.807, 2.05) is 6.07 Å². The molecule has 0 heterocycles. The van der Waals surface area contributed by atoms with Crippen molar-refractivity contribution in [3.8, 4) is 6.07 Å². The van der Waals surface area contributed by atoms with E-state index in [0.717, 1.165) is 12.5 Å². The highest BCUT2D eigenvalue weighted by Gasteiger charge is 2.21. The molecule has 0 aromatic rings. The van der Waals surface area contributed by atoms with Gasteiger partial charge in [-0.1, -0.05) is 13.3 Å². The molecule has 1 amide bonds. The van der Waals surface area contributed by atoms with Crippen LogP contribution in [0.4, 0.5) is 0 Å². The molecule has 0 aromatic heterocycles. The van der Waals surface area contributed by atoms with Crippen molar-refractivity contribution in [3.05, 3.63) is 0 Å². The van der Waals surface area contributed by atoms with E-state index in [-0.39, 0.29) is 12.3 Å². The number of hydrogen-bond donors (Lipinski definition) is 1. The van der Waals surface area contributed by atoms with E-state index in [4.69, 9.17) is 5.26 Å². The van der Waals surface area contributed by atoms with Crippen molar-refractivity contribution in [1.29, 1.82) is 5.26 Å². The quantitative estimate of drug-likeness (QED) is 0.714. The van der Waals surface area contributed by atoms with Crippen LogP contribution in [0.25, 0.3) is 0 Å². The van der Waals surface area contributed by atoms with Crippen LogP contribution in [-0.2, 0) is 4.79 Å². The maximum atomic E-state index is 10.9. The lowest BCUT2D eigenvalue weighted by Gasteiger charge is -2.09. The van der Waals surface area contributed by atoms with Crippen molar-refractivity contribution < 1.29 is 4.79 Å². The zero-order valence-corrected chi connectivity index (χ0v) is 8.05. The molecule has 0 spiro atoms. The van der Waals surface area contributed by atoms with Crippen molar-refractivity contribution in [3.63, 3.8) is 0 Å². The number of nitriles is 1. The fourth-order valence-corrected chi connectivity index (χ4v) is 1.90. The monoisotopic (exact) mass is 180 g/mol. The lowest BCUT2D eigenvalue weighted by Crippen LogP contribution is -2.27. The van der Waals surface area contributed by atoms with Gasteiger partial charge in [-0.2, -0.15) is 5.26 Å². The summed E-state index contributed by atoms with van der Waals surface area (Å²) in [4.78, 5) is 10.9. The second-order valence-electron chi connectivity index (χ2n) is 3.92. The topological polar surface area (TPSA) is 52.9 Å². The van der Waals surface area contributed by atoms with Crippen LogP contribution in [0.2, 0.25) is 0 Å². The maximum Gasteiger partial charge on any atom is 0.234 e. The Morgan fingerprint density at radius 1 is 1.62 bits per heavy atom. The smallest absolute Gasteiger partial charge is 0.234 e. The van der Waals surface area contributed by atoms with E-state index in [1.54, 1.807) is 0 Å². The third kappa shape index (κ3) is 3.45. The maximum absolute atomic E-state index is 10.9. The summed E-state index contributed by atoms with van der Waals surface area (Å²) in [7, 11) is 0. The number of rotatable bonds is 3. The Balaban J connectivity index is 2.13. The van der Waals surface area contributed by atoms with Gasteiger partial charge in [0.1, 0.15) is 6.42 Å². The Bertz CT molecular complexity index is 219. The first-order valence-corrected chi connectivity index (χ1v) is 4.86. The number of nitrogens with zero attached hydrogens (tertiary/aromatic N) is 1. The van der Waals surface area contributed by atoms with Crippen molar-refractivity contribution in [1.82, 2.24) is 5.32 Å². The van der Waals surface area contributed by atoms with Gasteiger partial charge in [-0.05, 0) is 24.7 Å². The van der Waals surface area contributed by atoms with Crippen molar-refractivity contribution in [2.45, 2.75) is 32.6 Å². The third-order valence-corrected chi connectivity index (χ3v) is 2.63. The Morgan fingerprint density at radius 2 is 2.38 bits per heavy atom. The molecular formula is C10H16N2O. The summed E-state index contributed by atoms with van der Waals surface area (Å²) in [5.74, 6) is 1.30. The molecule has 1 saturated carbocycles. The van der Waals surface area contributed by atoms with Gasteiger partial charge in [0.15, 0.2) is 0 Å². The Hall–Kier alpha value is -1.04. The highest BCUT2D eigenvalue weighted by atomic mass is 16.1. The minimum atomic E-state index is -0.137. The zero-order valence-electron chi connectivity index (χ0n) is 8.05. The number of amides is 1. The van der Waals surface area contributed by atoms with Crippen LogP contribution in [0.1, 0.15) is 32.6 Å². The summed E-state index contributed by atoms with van der Waals surface area (Å²) in [6.07, 6.45) is 3.70. The fraction of sp³-hybridized carbons (Fsp3) is 0.800. The predicted octanol–water partition coefficient (Wildman–Crippen LogP) is 1.45. The molecule has 3 nitrogen and oxygen atoms in total. The van der Waals surface area contributed by atoms with Crippen LogP contribution in [0, 0.1) is 23.2 Å². The second kappa shape index (κ2) is 4.86. The summed E-state index contributed by atoms with van der Waals surface area (Å²) in [5.41, 5.74) is 0. The Morgan fingerprint density at radius 3 is 2.92 bits per heavy atom. The summed E-state index contributed by atoms with van der Waals surface area (Å²) in [6, 6.07) is 1.84. The predicted molar refractivity (Wildman–Crippen MR) is 49.7 cm³/mol. The van der Waals surface area contributed by atoms with E-state index in [0.29, 0.717) is 5.92 Å². The van der Waals surface area contributed by atoms with E-state index in [2.05, 4.69) is 12.2 Å². The molecule has 0 saturated heterocycles. The van der Waals surface area contributed by atoms with Crippen molar-refractivity contribution in [2.75, 3.05) is 6.54 Å². The van der Waals surface area contributed by atoms with Gasteiger partial charge >= 0.3 is 0 Å². The molecule has 3 heteroatoms. The van der Waals surface area contributed by atoms with Gasteiger partial charge in [-0.25, -0.2) is 0 Å². The number of carbonyl (C=O) groups excluding carboxylic acids is 1. The van der Waals surface area contributed by atoms with Crippen molar-refractivity contribution in [2.24, 2.45) is 11.8 Å². The molecule has 0 bridgehead atoms. The molecule has 72 valence electrons. The van der Waals surface area contributed by atoms with Gasteiger partial charge in [0.05, 0.1) is 6.07 Å². The molecule has 0 radical (unpaired) electrons. The van der Waals surface area contributed by atoms with Crippen LogP contribution in [0.3, 0.4) is 0 Å². The molecular weight excluding hydrogens is 164 g/mol. The molecule has 2 unspecified atom stereocenters. The van der Waals surface area contributed by atoms with Crippen LogP contribution >= 0.6 is 0 Å². The fourth-order valence-electron chi connectivity index (χ4n) is 1.90. The third-order valence-electron chi connectivity index (χ3n) is 2.63. The van der Waals surface area contributed by atoms with Crippen molar-refractivity contribution >= 4 is 5.91 Å². The molecule has 1 aliphatic carbocycles. The van der Waals surface area contributed by atoms with Gasteiger partial charge in [-0.15, -0.1) is 0 Å². The normalized spacial score (nSPS) is 26.8. The second-order valence-corrected chi connectivity index (χ2v) is 3.92. The highest BCUT2D eigenvalue weighted by molar-refractivity contribution is 5.77. The van der Waals surface area contributed by atoms with E-state index >= 15 is 0 Å². The standard InChI is InChI=1S/C10H16N2O/c1-8-2-3-9(6-8)7-12-10(13)4-5-11/h8-9H,2-4,6-7H2,1H3,(H,12,13). The molecule has 0 aromatic carbocycles. The minimum absolute atomic E-state index is 0.0116. The van der Waals surface area contributed by atoms with Crippen LogP contribution in [0.15, 0.2) is 0 Å². The lowest BCUT2D eigenvalue weighted by atomic mass is 10.1. The molecule has 13 heavy (non-hydrogen) atoms. The van der Waals surface area contributed by atoms with Gasteiger partial charge in [-0.3, -0.25) is 4.79 Å². The molecule has 0 aliphatic heterocycles. The van der Waals surface area contributed by atoms with Gasteiger partial charge in [0, 0.05) is 6.54 Å². The van der Waals surface area contributed by atoms with Crippen LogP contribution < -0.4 is 5.32 Å². The van der Waals surface area contributed by atoms with Crippen LogP contribution in [0.5, 0.6) is 0 Å². The number of nitrogens with one attached hydrogen (secondary N) is 1. The van der Waals surface area contributed by atoms with E-state index in [9.17, 15) is 4.79 Å². The van der Waals surface area contributed by atoms with E-state index < -0.39 is 0 Å². The highest BCUT2D eigenvalue weighted by Crippen LogP contribution is 2.29. The van der Waals surface area contributed by atoms with Gasteiger partial charge < -0.3 is 5.32 Å². The van der Waals surface area contributed by atoms with Gasteiger partial charge in [0.2, 0.25) is 5.91 Å². The Kier molecular flexibility index (Phi) is 3.75. The average molecular weight is 180 g/mol. The molecule has 2 atom stereocenters. The summed E-state index contributed by atoms with van der Waals surface area (Å²) in [6.45, 7) is 3.00. The first-order valence-electron chi connectivity index (χ1n) is 4.86. The first-order chi connectivity index (χ1) is 6.22. The van der Waals surface area contributed by atoms with E-state index in [1.165, 1.54) is 19.3 Å². The van der Waals surface area contributed by atoms with Gasteiger partial charge in [0.25, 0.3) is 0 Å². The lowest BCUT2D eigenvalue weighted by molar-refractivity contribution is -0.120. The van der Waals surface area contributed by atoms with Crippen LogP contribution in [-0.4, -0.2) is 12.5 Å². The Labute approximate surface area is 79.1 Å². The zero-order chi connectivity index (χ0) is 9.68. The number of carbonyl (C=O) groups is 1. The minimum Gasteiger partial charge on any atom is -0.355 e. The first kappa shape index (κ1) is 10.0. The SMILES string of the molecule is CC1CCC(CNC(=O)CC#N)C1. The largest absolute Gasteiger partial charge is 0.355 e. The summed E-state index contributed by atoms with van der Waals surface area (Å²) < 4.78 is 0. The molecule has 1 aliphatic rings. The molecule has 1 fully saturated rings. The summed E-state index contributed by atoms with van der Waals surface area (Å²) >= 11 is 0. The summed E-state index contributed by atoms with van der Waals surface area (Å²) in [5, 5.41) is 11.0. The molecule has 1 rings (SSSR count).